The van der Waals surface area contributed by atoms with Crippen molar-refractivity contribution >= 4 is 94.6 Å². The van der Waals surface area contributed by atoms with Crippen LogP contribution in [0.2, 0.25) is 0 Å². The summed E-state index contributed by atoms with van der Waals surface area (Å²) in [6.07, 6.45) is -8.07. The molecule has 4 aliphatic rings. The molecule has 4 unspecified atom stereocenters. The number of benzene rings is 1. The lowest BCUT2D eigenvalue weighted by Gasteiger charge is -2.36. The number of cyclic esters (lactones) is 2. The average molecular weight is 1480 g/mol. The molecule has 0 aromatic heterocycles. The van der Waals surface area contributed by atoms with Gasteiger partial charge in [-0.15, -0.1) is 0 Å². The predicted octanol–water partition coefficient (Wildman–Crippen LogP) is -0.353. The number of aliphatic hydroxyl groups excluding tert-OH is 1. The summed E-state index contributed by atoms with van der Waals surface area (Å²) in [5.41, 5.74) is 11.3. The number of rotatable bonds is 27. The molecule has 12 amide bonds. The Morgan fingerprint density at radius 2 is 1.39 bits per heavy atom. The molecule has 4 heterocycles. The molecule has 0 spiro atoms. The van der Waals surface area contributed by atoms with E-state index in [2.05, 4.69) is 31.9 Å². The number of fused-ring (bicyclic) bond motifs is 1. The summed E-state index contributed by atoms with van der Waals surface area (Å²) in [4.78, 5) is 229. The van der Waals surface area contributed by atoms with Crippen LogP contribution in [0.1, 0.15) is 172 Å². The van der Waals surface area contributed by atoms with E-state index in [0.717, 1.165) is 14.7 Å². The first kappa shape index (κ1) is 86.3. The summed E-state index contributed by atoms with van der Waals surface area (Å²) in [5, 5.41) is 27.5. The Kier molecular flexibility index (Phi) is 32.7. The molecule has 4 aliphatic heterocycles. The number of amides is 12. The first-order chi connectivity index (χ1) is 49.3. The van der Waals surface area contributed by atoms with Crippen LogP contribution in [0.25, 0.3) is 0 Å². The molecule has 0 aliphatic carbocycles. The van der Waals surface area contributed by atoms with Crippen LogP contribution in [0.3, 0.4) is 0 Å². The van der Waals surface area contributed by atoms with Crippen molar-refractivity contribution in [1.29, 1.82) is 0 Å². The van der Waals surface area contributed by atoms with Crippen molar-refractivity contribution in [2.24, 2.45) is 41.1 Å². The summed E-state index contributed by atoms with van der Waals surface area (Å²) >= 11 is 0. The Balaban J connectivity index is 1.52. The maximum absolute atomic E-state index is 15.3. The molecule has 16 atom stereocenters. The van der Waals surface area contributed by atoms with Crippen LogP contribution in [-0.2, 0) is 97.3 Å². The van der Waals surface area contributed by atoms with Crippen LogP contribution in [-0.4, -0.2) is 238 Å². The van der Waals surface area contributed by atoms with Gasteiger partial charge >= 0.3 is 17.9 Å². The molecule has 0 bridgehead atoms. The van der Waals surface area contributed by atoms with E-state index in [1.165, 1.54) is 46.9 Å². The number of aliphatic hydroxyl groups is 1. The van der Waals surface area contributed by atoms with E-state index in [-0.39, 0.29) is 89.1 Å². The van der Waals surface area contributed by atoms with Crippen molar-refractivity contribution in [2.45, 2.75) is 257 Å². The number of hydrogen-bond acceptors (Lipinski definition) is 21. The first-order valence-corrected chi connectivity index (χ1v) is 36.3. The SMILES string of the molecule is CCC(C)[C@H]1NC(=O)[C@H](NC(=O)[C@H](CC(C)C)N(C)C(=O)C2CCCN2C(=O)C(C)OC(=O)[C@H](CCC(N)=O)NC(=O)[C@H](CCC(N)=O)NC(=O)C2CCC(=O)N2)[C@@H](C)OC(=O)[C@H](Cc2ccc(OC)cc2)N(C)C(=O)[C@@H]2CCCN2C(=O)[C@H](CC(C)C)NC(=O)[C@H](C)C(=O)[C@H](C(C)C)OC(=O)C[C@@H]1O. The third-order valence-electron chi connectivity index (χ3n) is 19.7. The molecule has 11 N–H and O–H groups in total. The number of nitrogens with one attached hydrogen (secondary N) is 6. The second-order valence-corrected chi connectivity index (χ2v) is 29.2. The number of carbonyl (C=O) groups is 16. The quantitative estimate of drug-likeness (QED) is 0.0309. The highest BCUT2D eigenvalue weighted by molar-refractivity contribution is 6.05. The van der Waals surface area contributed by atoms with Crippen LogP contribution in [0.5, 0.6) is 5.75 Å². The lowest BCUT2D eigenvalue weighted by molar-refractivity contribution is -0.163. The number of ketones is 1. The fraction of sp³-hybridized carbons (Fsp3) is 0.694. The van der Waals surface area contributed by atoms with Gasteiger partial charge in [-0.2, -0.15) is 0 Å². The highest BCUT2D eigenvalue weighted by atomic mass is 16.6. The molecule has 4 saturated heterocycles. The van der Waals surface area contributed by atoms with Crippen molar-refractivity contribution in [3.63, 3.8) is 0 Å². The minimum Gasteiger partial charge on any atom is -0.497 e. The molecule has 33 nitrogen and oxygen atoms in total. The fourth-order valence-electron chi connectivity index (χ4n) is 13.3. The van der Waals surface area contributed by atoms with Crippen molar-refractivity contribution in [3.05, 3.63) is 29.8 Å². The smallest absolute Gasteiger partial charge is 0.329 e. The molecule has 1 aromatic carbocycles. The van der Waals surface area contributed by atoms with Gasteiger partial charge in [-0.3, -0.25) is 67.1 Å². The third-order valence-corrected chi connectivity index (χ3v) is 19.7. The van der Waals surface area contributed by atoms with Crippen LogP contribution in [0.15, 0.2) is 24.3 Å². The number of esters is 3. The Morgan fingerprint density at radius 3 is 1.96 bits per heavy atom. The van der Waals surface area contributed by atoms with Crippen molar-refractivity contribution < 1.29 is 101 Å². The number of likely N-dealkylation sites (N-methyl/N-ethyl adjacent to an activating group) is 2. The summed E-state index contributed by atoms with van der Waals surface area (Å²) in [6.45, 7) is 17.6. The van der Waals surface area contributed by atoms with Crippen molar-refractivity contribution in [2.75, 3.05) is 34.3 Å². The normalized spacial score (nSPS) is 25.5. The van der Waals surface area contributed by atoms with E-state index < -0.39 is 223 Å². The monoisotopic (exact) mass is 1480 g/mol. The third kappa shape index (κ3) is 24.1. The number of ether oxygens (including phenoxy) is 4. The van der Waals surface area contributed by atoms with Crippen LogP contribution >= 0.6 is 0 Å². The molecule has 0 radical (unpaired) electrons. The number of Topliss-reactive ketones (excluding diaryl/α,β-unsaturated/α-hetero) is 1. The van der Waals surface area contributed by atoms with Crippen molar-refractivity contribution in [3.8, 4) is 5.75 Å². The summed E-state index contributed by atoms with van der Waals surface area (Å²) in [7, 11) is 4.12. The highest BCUT2D eigenvalue weighted by Crippen LogP contribution is 2.28. The zero-order valence-electron chi connectivity index (χ0n) is 62.9. The molecule has 584 valence electrons. The number of nitrogens with two attached hydrogens (primary N) is 2. The van der Waals surface area contributed by atoms with Gasteiger partial charge in [0.05, 0.1) is 31.6 Å². The van der Waals surface area contributed by atoms with Gasteiger partial charge in [0.25, 0.3) is 5.91 Å². The number of carbonyl (C=O) groups excluding carboxylic acids is 16. The number of hydrogen-bond donors (Lipinski definition) is 9. The minimum absolute atomic E-state index is 0.0415. The van der Waals surface area contributed by atoms with E-state index in [1.54, 1.807) is 65.8 Å². The topological polar surface area (TPSA) is 467 Å². The van der Waals surface area contributed by atoms with E-state index in [4.69, 9.17) is 30.4 Å². The number of likely N-dealkylation sites (tertiary alicyclic amines) is 1. The van der Waals surface area contributed by atoms with Gasteiger partial charge in [0.1, 0.15) is 66.2 Å². The number of methoxy groups -OCH3 is 1. The predicted molar refractivity (Wildman–Crippen MR) is 376 cm³/mol. The van der Waals surface area contributed by atoms with Crippen LogP contribution < -0.4 is 48.1 Å². The van der Waals surface area contributed by atoms with E-state index in [9.17, 15) is 57.8 Å². The molecule has 5 rings (SSSR count). The Bertz CT molecular complexity index is 3330. The van der Waals surface area contributed by atoms with Crippen LogP contribution in [0.4, 0.5) is 0 Å². The second kappa shape index (κ2) is 39.7. The van der Waals surface area contributed by atoms with Gasteiger partial charge < -0.3 is 87.0 Å². The second-order valence-electron chi connectivity index (χ2n) is 29.2. The van der Waals surface area contributed by atoms with Gasteiger partial charge in [0, 0.05) is 52.9 Å². The summed E-state index contributed by atoms with van der Waals surface area (Å²) in [6, 6.07) is -7.46. The lowest BCUT2D eigenvalue weighted by Crippen LogP contribution is -2.62. The first-order valence-electron chi connectivity index (χ1n) is 36.3. The van der Waals surface area contributed by atoms with Crippen LogP contribution in [0, 0.1) is 29.6 Å². The van der Waals surface area contributed by atoms with Gasteiger partial charge in [0.2, 0.25) is 65.0 Å². The van der Waals surface area contributed by atoms with Gasteiger partial charge in [-0.05, 0) is 120 Å². The number of nitrogens with zero attached hydrogens (tertiary/aromatic N) is 4. The standard InChI is InChI=1S/C72H110N12O21/c1-15-39(8)58-53(85)35-57(89)105-61(38(6)7)60(90)40(9)62(91)78-48(32-36(2)3)68(97)84-31-17-19-50(84)70(99)82(13)52(34-43-20-22-44(102-14)23-21-43)72(101)103-41(10)59(66(95)79-58)80-65(94)51(33-37(4)5)81(12)69(98)49-18-16-30-83(49)67(96)42(11)104-71(100)47(25-28-55(74)87)77-64(93)46(24-27-54(73)86)76-63(92)45-26-29-56(88)75-45/h20-23,36-42,45-53,58-59,61,85H,15-19,24-35H2,1-14H3,(H2,73,86)(H2,74,87)(H,75,88)(H,76,92)(H,77,93)(H,78,91)(H,79,95)(H,80,94)/t39?,40-,41-,42?,45?,46+,47+,48+,49?,50+,51+,52+,53+,58-,59-,61+/m1/s1. The minimum atomic E-state index is -1.90. The molecular formula is C72H110N12O21. The maximum Gasteiger partial charge on any atom is 0.329 e. The molecule has 105 heavy (non-hydrogen) atoms. The van der Waals surface area contributed by atoms with E-state index >= 15 is 24.0 Å². The molecule has 0 saturated carbocycles. The fourth-order valence-corrected chi connectivity index (χ4v) is 13.3. The number of primary amides is 2. The van der Waals surface area contributed by atoms with Gasteiger partial charge in [-0.25, -0.2) is 9.59 Å². The molecule has 1 aromatic rings. The van der Waals surface area contributed by atoms with E-state index in [0.29, 0.717) is 17.7 Å². The van der Waals surface area contributed by atoms with Crippen molar-refractivity contribution in [1.82, 2.24) is 51.5 Å². The Hall–Kier alpha value is -9.30. The molecule has 4 fully saturated rings. The molecule has 33 heteroatoms. The largest absolute Gasteiger partial charge is 0.497 e. The van der Waals surface area contributed by atoms with E-state index in [1.807, 2.05) is 13.8 Å². The Labute approximate surface area is 612 Å². The molecular weight excluding hydrogens is 1370 g/mol. The highest BCUT2D eigenvalue weighted by Gasteiger charge is 2.47. The van der Waals surface area contributed by atoms with Gasteiger partial charge in [0.15, 0.2) is 18.0 Å². The average Bonchev–Trinajstić information content (AvgIpc) is 1.74. The Morgan fingerprint density at radius 1 is 0.762 bits per heavy atom. The lowest BCUT2D eigenvalue weighted by atomic mass is 9.91. The maximum atomic E-state index is 15.3. The van der Waals surface area contributed by atoms with Gasteiger partial charge in [-0.1, -0.05) is 73.9 Å². The zero-order chi connectivity index (χ0) is 78.6. The zero-order valence-corrected chi connectivity index (χ0v) is 62.9. The summed E-state index contributed by atoms with van der Waals surface area (Å²) in [5.74, 6) is -16.8. The summed E-state index contributed by atoms with van der Waals surface area (Å²) < 4.78 is 22.9.